The van der Waals surface area contributed by atoms with E-state index in [2.05, 4.69) is 4.74 Å². The van der Waals surface area contributed by atoms with E-state index < -0.39 is 30.5 Å². The molecule has 0 radical (unpaired) electrons. The second-order valence-electron chi connectivity index (χ2n) is 3.34. The summed E-state index contributed by atoms with van der Waals surface area (Å²) in [6.45, 7) is -2.10. The highest BCUT2D eigenvalue weighted by atomic mass is 19.3. The predicted molar refractivity (Wildman–Crippen MR) is 59.7 cm³/mol. The number of carbonyl (C=O) groups excluding carboxylic acids is 1. The molecule has 1 N–H and O–H groups in total. The number of nitrogens with zero attached hydrogens (tertiary/aromatic N) is 1. The van der Waals surface area contributed by atoms with Gasteiger partial charge in [-0.1, -0.05) is 6.07 Å². The van der Waals surface area contributed by atoms with Crippen molar-refractivity contribution >= 4 is 5.97 Å². The van der Waals surface area contributed by atoms with E-state index in [1.54, 1.807) is 6.07 Å². The number of alkyl halides is 2. The van der Waals surface area contributed by atoms with E-state index in [1.165, 1.54) is 13.0 Å². The molecule has 102 valence electrons. The maximum absolute atomic E-state index is 12.3. The van der Waals surface area contributed by atoms with E-state index in [4.69, 9.17) is 15.1 Å². The molecule has 0 aliphatic heterocycles. The molecule has 19 heavy (non-hydrogen) atoms. The molecule has 0 heterocycles. The highest BCUT2D eigenvalue weighted by Gasteiger charge is 2.23. The van der Waals surface area contributed by atoms with Crippen LogP contribution in [0.25, 0.3) is 0 Å². The van der Waals surface area contributed by atoms with Crippen molar-refractivity contribution in [1.29, 1.82) is 5.26 Å². The summed E-state index contributed by atoms with van der Waals surface area (Å²) in [5.74, 6) is -1.41. The molecule has 7 heteroatoms. The van der Waals surface area contributed by atoms with Gasteiger partial charge in [-0.15, -0.1) is 0 Å². The van der Waals surface area contributed by atoms with Crippen molar-refractivity contribution < 1.29 is 28.2 Å². The number of rotatable bonds is 5. The third-order valence-electron chi connectivity index (χ3n) is 2.23. The maximum Gasteiger partial charge on any atom is 0.387 e. The van der Waals surface area contributed by atoms with E-state index in [0.29, 0.717) is 0 Å². The van der Waals surface area contributed by atoms with Gasteiger partial charge in [0.2, 0.25) is 0 Å². The number of nitriles is 1. The fourth-order valence-corrected chi connectivity index (χ4v) is 1.49. The molecule has 0 bridgehead atoms. The summed E-state index contributed by atoms with van der Waals surface area (Å²) >= 11 is 0. The first-order valence-electron chi connectivity index (χ1n) is 5.33. The number of aliphatic hydroxyl groups excluding tert-OH is 1. The van der Waals surface area contributed by atoms with Crippen LogP contribution in [0, 0.1) is 11.3 Å². The Morgan fingerprint density at radius 1 is 1.53 bits per heavy atom. The van der Waals surface area contributed by atoms with Gasteiger partial charge in [-0.3, -0.25) is 0 Å². The van der Waals surface area contributed by atoms with Gasteiger partial charge in [-0.05, 0) is 18.6 Å². The zero-order chi connectivity index (χ0) is 14.4. The van der Waals surface area contributed by atoms with Gasteiger partial charge in [0.05, 0.1) is 18.8 Å². The number of aliphatic hydroxyl groups is 1. The van der Waals surface area contributed by atoms with Gasteiger partial charge in [0.25, 0.3) is 0 Å². The molecule has 0 unspecified atom stereocenters. The van der Waals surface area contributed by atoms with Crippen molar-refractivity contribution in [2.75, 3.05) is 6.61 Å². The Morgan fingerprint density at radius 2 is 2.21 bits per heavy atom. The average molecular weight is 271 g/mol. The van der Waals surface area contributed by atoms with E-state index in [9.17, 15) is 13.6 Å². The van der Waals surface area contributed by atoms with Crippen LogP contribution >= 0.6 is 0 Å². The Bertz CT molecular complexity index is 511. The van der Waals surface area contributed by atoms with E-state index in [0.717, 1.165) is 6.07 Å². The number of benzene rings is 1. The molecule has 0 amide bonds. The SMILES string of the molecule is CCOC(=O)c1c(OC(F)F)ccc(CO)c1C#N. The zero-order valence-corrected chi connectivity index (χ0v) is 10.0. The maximum atomic E-state index is 12.3. The van der Waals surface area contributed by atoms with Crippen LogP contribution in [0.1, 0.15) is 28.4 Å². The van der Waals surface area contributed by atoms with Crippen LogP contribution in [0.4, 0.5) is 8.78 Å². The Hall–Kier alpha value is -2.20. The smallest absolute Gasteiger partial charge is 0.387 e. The molecule has 0 atom stereocenters. The normalized spacial score (nSPS) is 10.1. The molecule has 0 saturated carbocycles. The summed E-state index contributed by atoms with van der Waals surface area (Å²) in [4.78, 5) is 11.7. The van der Waals surface area contributed by atoms with Crippen LogP contribution in [0.5, 0.6) is 5.75 Å². The lowest BCUT2D eigenvalue weighted by Crippen LogP contribution is -2.13. The zero-order valence-electron chi connectivity index (χ0n) is 10.0. The van der Waals surface area contributed by atoms with Gasteiger partial charge in [0.15, 0.2) is 0 Å². The summed E-state index contributed by atoms with van der Waals surface area (Å²) in [5.41, 5.74) is -0.512. The molecule has 0 saturated heterocycles. The van der Waals surface area contributed by atoms with Crippen LogP contribution in [0.2, 0.25) is 0 Å². The molecular formula is C12H11F2NO4. The van der Waals surface area contributed by atoms with Gasteiger partial charge in [0.1, 0.15) is 17.4 Å². The van der Waals surface area contributed by atoms with Crippen LogP contribution in [0.3, 0.4) is 0 Å². The van der Waals surface area contributed by atoms with Crippen LogP contribution in [-0.4, -0.2) is 24.3 Å². The lowest BCUT2D eigenvalue weighted by Gasteiger charge is -2.13. The standard InChI is InChI=1S/C12H11F2NO4/c1-2-18-11(17)10-8(5-15)7(6-16)3-4-9(10)19-12(13)14/h3-4,12,16H,2,6H2,1H3. The van der Waals surface area contributed by atoms with Gasteiger partial charge in [0, 0.05) is 0 Å². The number of esters is 1. The van der Waals surface area contributed by atoms with Gasteiger partial charge in [-0.2, -0.15) is 14.0 Å². The first-order valence-corrected chi connectivity index (χ1v) is 5.33. The molecule has 0 aromatic heterocycles. The third kappa shape index (κ3) is 3.39. The van der Waals surface area contributed by atoms with Crippen molar-refractivity contribution in [3.05, 3.63) is 28.8 Å². The quantitative estimate of drug-likeness (QED) is 0.826. The molecule has 0 aliphatic rings. The van der Waals surface area contributed by atoms with Crippen molar-refractivity contribution in [3.8, 4) is 11.8 Å². The van der Waals surface area contributed by atoms with Crippen LogP contribution < -0.4 is 4.74 Å². The first kappa shape index (κ1) is 14.9. The molecule has 0 fully saturated rings. The second kappa shape index (κ2) is 6.66. The highest BCUT2D eigenvalue weighted by Crippen LogP contribution is 2.27. The van der Waals surface area contributed by atoms with Gasteiger partial charge in [-0.25, -0.2) is 4.79 Å². The molecular weight excluding hydrogens is 260 g/mol. The van der Waals surface area contributed by atoms with Crippen molar-refractivity contribution in [1.82, 2.24) is 0 Å². The summed E-state index contributed by atoms with van der Waals surface area (Å²) in [6.07, 6.45) is 0. The van der Waals surface area contributed by atoms with E-state index in [-0.39, 0.29) is 17.7 Å². The molecule has 0 spiro atoms. The molecule has 1 rings (SSSR count). The van der Waals surface area contributed by atoms with Crippen LogP contribution in [-0.2, 0) is 11.3 Å². The first-order chi connectivity index (χ1) is 9.04. The van der Waals surface area contributed by atoms with Crippen molar-refractivity contribution in [2.45, 2.75) is 20.1 Å². The van der Waals surface area contributed by atoms with Crippen molar-refractivity contribution in [3.63, 3.8) is 0 Å². The Balaban J connectivity index is 3.40. The summed E-state index contributed by atoms with van der Waals surface area (Å²) in [6, 6.07) is 4.01. The number of halogens is 2. The Kier molecular flexibility index (Phi) is 5.21. The number of ether oxygens (including phenoxy) is 2. The minimum atomic E-state index is -3.14. The molecule has 1 aromatic rings. The molecule has 1 aromatic carbocycles. The predicted octanol–water partition coefficient (Wildman–Crippen LogP) is 1.83. The fourth-order valence-electron chi connectivity index (χ4n) is 1.49. The number of hydrogen-bond acceptors (Lipinski definition) is 5. The minimum Gasteiger partial charge on any atom is -0.462 e. The summed E-state index contributed by atoms with van der Waals surface area (Å²) in [5, 5.41) is 18.1. The monoisotopic (exact) mass is 271 g/mol. The van der Waals surface area contributed by atoms with Gasteiger partial charge >= 0.3 is 12.6 Å². The number of carbonyl (C=O) groups is 1. The van der Waals surface area contributed by atoms with E-state index in [1.807, 2.05) is 0 Å². The highest BCUT2D eigenvalue weighted by molar-refractivity contribution is 5.95. The summed E-state index contributed by atoms with van der Waals surface area (Å²) < 4.78 is 33.4. The Labute approximate surface area is 108 Å². The minimum absolute atomic E-state index is 0.0151. The van der Waals surface area contributed by atoms with Gasteiger partial charge < -0.3 is 14.6 Å². The lowest BCUT2D eigenvalue weighted by atomic mass is 10.0. The number of hydrogen-bond donors (Lipinski definition) is 1. The van der Waals surface area contributed by atoms with Crippen molar-refractivity contribution in [2.24, 2.45) is 0 Å². The molecule has 0 aliphatic carbocycles. The second-order valence-corrected chi connectivity index (χ2v) is 3.34. The molecule has 5 nitrogen and oxygen atoms in total. The van der Waals surface area contributed by atoms with Crippen LogP contribution in [0.15, 0.2) is 12.1 Å². The fraction of sp³-hybridized carbons (Fsp3) is 0.333. The largest absolute Gasteiger partial charge is 0.462 e. The Morgan fingerprint density at radius 3 is 2.68 bits per heavy atom. The average Bonchev–Trinajstić information content (AvgIpc) is 2.37. The third-order valence-corrected chi connectivity index (χ3v) is 2.23. The topological polar surface area (TPSA) is 79.6 Å². The van der Waals surface area contributed by atoms with E-state index >= 15 is 0 Å². The summed E-state index contributed by atoms with van der Waals surface area (Å²) in [7, 11) is 0. The lowest BCUT2D eigenvalue weighted by molar-refractivity contribution is -0.0504.